The third-order valence-electron chi connectivity index (χ3n) is 9.00. The minimum atomic E-state index is 0.887. The summed E-state index contributed by atoms with van der Waals surface area (Å²) in [5.41, 5.74) is 8.35. The van der Waals surface area contributed by atoms with Crippen LogP contribution in [0.3, 0.4) is 0 Å². The first-order valence-corrected chi connectivity index (χ1v) is 15.9. The Hall–Kier alpha value is -5.71. The Kier molecular flexibility index (Phi) is 5.16. The summed E-state index contributed by atoms with van der Waals surface area (Å²) in [6.45, 7) is 0. The van der Waals surface area contributed by atoms with Crippen LogP contribution in [-0.2, 0) is 0 Å². The molecule has 0 N–H and O–H groups in total. The minimum absolute atomic E-state index is 0.887. The number of thiophene rings is 1. The number of nitrogens with zero attached hydrogens (tertiary/aromatic N) is 2. The van der Waals surface area contributed by atoms with Crippen molar-refractivity contribution in [2.24, 2.45) is 0 Å². The first-order chi connectivity index (χ1) is 22.3. The molecular weight excluding hydrogens is 569 g/mol. The molecule has 0 spiro atoms. The summed E-state index contributed by atoms with van der Waals surface area (Å²) in [6.07, 6.45) is 0. The highest BCUT2D eigenvalue weighted by Gasteiger charge is 2.18. The van der Waals surface area contributed by atoms with Crippen LogP contribution >= 0.6 is 11.3 Å². The maximum atomic E-state index is 6.42. The van der Waals surface area contributed by atoms with Gasteiger partial charge in [0.2, 0.25) is 0 Å². The van der Waals surface area contributed by atoms with E-state index in [-0.39, 0.29) is 0 Å². The van der Waals surface area contributed by atoms with Gasteiger partial charge in [0, 0.05) is 47.3 Å². The van der Waals surface area contributed by atoms with E-state index in [0.29, 0.717) is 0 Å². The van der Waals surface area contributed by atoms with Crippen molar-refractivity contribution in [3.05, 3.63) is 146 Å². The Balaban J connectivity index is 1.27. The molecule has 4 heteroatoms. The molecule has 0 atom stereocenters. The van der Waals surface area contributed by atoms with Crippen LogP contribution in [0.15, 0.2) is 150 Å². The Labute approximate surface area is 262 Å². The molecular formula is C41H24N2OS. The first kappa shape index (κ1) is 24.7. The van der Waals surface area contributed by atoms with Crippen molar-refractivity contribution in [3.8, 4) is 28.2 Å². The van der Waals surface area contributed by atoms with Gasteiger partial charge in [0.05, 0.1) is 16.7 Å². The zero-order valence-electron chi connectivity index (χ0n) is 24.1. The lowest BCUT2D eigenvalue weighted by Gasteiger charge is -2.13. The van der Waals surface area contributed by atoms with Crippen molar-refractivity contribution in [2.45, 2.75) is 0 Å². The summed E-state index contributed by atoms with van der Waals surface area (Å²) in [7, 11) is 0. The van der Waals surface area contributed by atoms with Crippen LogP contribution in [-0.4, -0.2) is 9.55 Å². The molecule has 0 aliphatic rings. The molecule has 0 fully saturated rings. The summed E-state index contributed by atoms with van der Waals surface area (Å²) < 4.78 is 11.3. The zero-order valence-corrected chi connectivity index (χ0v) is 24.9. The van der Waals surface area contributed by atoms with Gasteiger partial charge in [-0.05, 0) is 71.8 Å². The van der Waals surface area contributed by atoms with Gasteiger partial charge in [0.25, 0.3) is 0 Å². The number of benzene rings is 6. The fourth-order valence-electron chi connectivity index (χ4n) is 6.99. The second kappa shape index (κ2) is 9.39. The fraction of sp³-hybridized carbons (Fsp3) is 0. The van der Waals surface area contributed by atoms with Crippen LogP contribution in [0, 0.1) is 0 Å². The Morgan fingerprint density at radius 3 is 1.96 bits per heavy atom. The van der Waals surface area contributed by atoms with E-state index >= 15 is 0 Å². The molecule has 6 aromatic carbocycles. The molecule has 0 radical (unpaired) electrons. The topological polar surface area (TPSA) is 31.0 Å². The average molecular weight is 593 g/mol. The van der Waals surface area contributed by atoms with E-state index in [2.05, 4.69) is 150 Å². The van der Waals surface area contributed by atoms with Gasteiger partial charge in [-0.2, -0.15) is 0 Å². The summed E-state index contributed by atoms with van der Waals surface area (Å²) in [4.78, 5) is 5.38. The van der Waals surface area contributed by atoms with E-state index in [1.54, 1.807) is 0 Å². The normalized spacial score (nSPS) is 12.0. The lowest BCUT2D eigenvalue weighted by Crippen LogP contribution is -2.00. The van der Waals surface area contributed by atoms with Crippen molar-refractivity contribution in [2.75, 3.05) is 0 Å². The third kappa shape index (κ3) is 3.67. The first-order valence-electron chi connectivity index (χ1n) is 15.1. The highest BCUT2D eigenvalue weighted by atomic mass is 32.1. The Morgan fingerprint density at radius 2 is 1.16 bits per heavy atom. The number of fused-ring (bicyclic) bond motifs is 10. The van der Waals surface area contributed by atoms with Gasteiger partial charge in [-0.15, -0.1) is 11.3 Å². The number of rotatable bonds is 3. The molecule has 45 heavy (non-hydrogen) atoms. The Morgan fingerprint density at radius 1 is 0.467 bits per heavy atom. The number of hydrogen-bond donors (Lipinski definition) is 0. The second-order valence-electron chi connectivity index (χ2n) is 11.6. The standard InChI is InChI=1S/C41H24N2OS/c1-2-10-25(11-3-1)27-23-32(42-39(24-27)43-33-15-7-4-12-28(33)29-13-5-8-16-34(29)43)26-18-19-35-31(22-26)40-36(44-35)20-21-38-41(40)30-14-6-9-17-37(30)45-38/h1-24H. The smallest absolute Gasteiger partial charge is 0.138 e. The number of pyridine rings is 1. The predicted molar refractivity (Wildman–Crippen MR) is 190 cm³/mol. The molecule has 0 unspecified atom stereocenters. The van der Waals surface area contributed by atoms with Gasteiger partial charge in [0.15, 0.2) is 0 Å². The lowest BCUT2D eigenvalue weighted by molar-refractivity contribution is 0.669. The number of aromatic nitrogens is 2. The van der Waals surface area contributed by atoms with Gasteiger partial charge in [0.1, 0.15) is 17.0 Å². The van der Waals surface area contributed by atoms with Gasteiger partial charge >= 0.3 is 0 Å². The molecule has 0 aliphatic carbocycles. The highest BCUT2D eigenvalue weighted by Crippen LogP contribution is 2.43. The quantitative estimate of drug-likeness (QED) is 0.204. The van der Waals surface area contributed by atoms with Crippen molar-refractivity contribution in [3.63, 3.8) is 0 Å². The minimum Gasteiger partial charge on any atom is -0.456 e. The fourth-order valence-corrected chi connectivity index (χ4v) is 8.10. The molecule has 0 amide bonds. The van der Waals surface area contributed by atoms with Gasteiger partial charge in [-0.3, -0.25) is 4.57 Å². The monoisotopic (exact) mass is 592 g/mol. The van der Waals surface area contributed by atoms with Gasteiger partial charge < -0.3 is 4.42 Å². The third-order valence-corrected chi connectivity index (χ3v) is 10.1. The number of para-hydroxylation sites is 2. The van der Waals surface area contributed by atoms with E-state index in [1.807, 2.05) is 11.3 Å². The van der Waals surface area contributed by atoms with E-state index < -0.39 is 0 Å². The molecule has 210 valence electrons. The van der Waals surface area contributed by atoms with Gasteiger partial charge in [-0.1, -0.05) is 84.9 Å². The average Bonchev–Trinajstić information content (AvgIpc) is 3.77. The largest absolute Gasteiger partial charge is 0.456 e. The van der Waals surface area contributed by atoms with Crippen LogP contribution < -0.4 is 0 Å². The molecule has 10 rings (SSSR count). The maximum absolute atomic E-state index is 6.42. The summed E-state index contributed by atoms with van der Waals surface area (Å²) in [6, 6.07) is 51.7. The molecule has 0 saturated heterocycles. The predicted octanol–water partition coefficient (Wildman–Crippen LogP) is 11.8. The molecule has 3 nitrogen and oxygen atoms in total. The van der Waals surface area contributed by atoms with Crippen LogP contribution in [0.5, 0.6) is 0 Å². The Bertz CT molecular complexity index is 2710. The summed E-state index contributed by atoms with van der Waals surface area (Å²) in [5, 5.41) is 7.26. The molecule has 10 aromatic rings. The molecule has 4 heterocycles. The maximum Gasteiger partial charge on any atom is 0.138 e. The van der Waals surface area contributed by atoms with Crippen LogP contribution in [0.25, 0.3) is 92.1 Å². The molecule has 0 saturated carbocycles. The van der Waals surface area contributed by atoms with E-state index in [9.17, 15) is 0 Å². The van der Waals surface area contributed by atoms with Crippen LogP contribution in [0.2, 0.25) is 0 Å². The van der Waals surface area contributed by atoms with Crippen LogP contribution in [0.1, 0.15) is 0 Å². The van der Waals surface area contributed by atoms with Gasteiger partial charge in [-0.25, -0.2) is 4.98 Å². The van der Waals surface area contributed by atoms with Crippen molar-refractivity contribution >= 4 is 75.3 Å². The molecule has 4 aromatic heterocycles. The zero-order chi connectivity index (χ0) is 29.5. The van der Waals surface area contributed by atoms with E-state index in [4.69, 9.17) is 9.40 Å². The second-order valence-corrected chi connectivity index (χ2v) is 12.6. The van der Waals surface area contributed by atoms with Crippen LogP contribution in [0.4, 0.5) is 0 Å². The lowest BCUT2D eigenvalue weighted by atomic mass is 10.0. The highest BCUT2D eigenvalue weighted by molar-refractivity contribution is 7.26. The molecule has 0 aliphatic heterocycles. The summed E-state index contributed by atoms with van der Waals surface area (Å²) in [5.74, 6) is 0.895. The van der Waals surface area contributed by atoms with E-state index in [0.717, 1.165) is 55.8 Å². The molecule has 0 bridgehead atoms. The van der Waals surface area contributed by atoms with Crippen molar-refractivity contribution in [1.29, 1.82) is 0 Å². The van der Waals surface area contributed by atoms with E-state index in [1.165, 1.54) is 36.3 Å². The van der Waals surface area contributed by atoms with Crippen molar-refractivity contribution < 1.29 is 4.42 Å². The SMILES string of the molecule is c1ccc(-c2cc(-c3ccc4oc5ccc6sc7ccccc7c6c5c4c3)nc(-n3c4ccccc4c4ccccc43)c2)cc1. The number of furan rings is 1. The number of hydrogen-bond acceptors (Lipinski definition) is 3. The van der Waals surface area contributed by atoms with Crippen molar-refractivity contribution in [1.82, 2.24) is 9.55 Å². The summed E-state index contributed by atoms with van der Waals surface area (Å²) >= 11 is 1.83.